The molecule has 4 heteroatoms. The first kappa shape index (κ1) is 20.7. The van der Waals surface area contributed by atoms with Gasteiger partial charge in [-0.25, -0.2) is 9.59 Å². The quantitative estimate of drug-likeness (QED) is 0.246. The van der Waals surface area contributed by atoms with Gasteiger partial charge in [0.2, 0.25) is 0 Å². The van der Waals surface area contributed by atoms with E-state index in [0.717, 1.165) is 33.4 Å². The summed E-state index contributed by atoms with van der Waals surface area (Å²) in [6.07, 6.45) is 0.677. The minimum absolute atomic E-state index is 0.379. The summed E-state index contributed by atoms with van der Waals surface area (Å²) in [6, 6.07) is 26.0. The van der Waals surface area contributed by atoms with Crippen LogP contribution >= 0.6 is 0 Å². The molecule has 5 rings (SSSR count). The topological polar surface area (TPSA) is 52.6 Å². The number of esters is 2. The van der Waals surface area contributed by atoms with Crippen LogP contribution in [0.25, 0.3) is 11.1 Å². The number of aryl methyl sites for hydroxylation is 2. The van der Waals surface area contributed by atoms with Crippen LogP contribution < -0.4 is 9.47 Å². The third-order valence-corrected chi connectivity index (χ3v) is 5.82. The maximum Gasteiger partial charge on any atom is 0.343 e. The van der Waals surface area contributed by atoms with Gasteiger partial charge in [0.1, 0.15) is 11.5 Å². The van der Waals surface area contributed by atoms with Crippen LogP contribution in [-0.4, -0.2) is 11.9 Å². The molecule has 0 spiro atoms. The maximum absolute atomic E-state index is 12.5. The molecular formula is C29H22O4. The summed E-state index contributed by atoms with van der Waals surface area (Å²) in [6.45, 7) is 3.95. The SMILES string of the molecule is Cc1ccc(C(=O)Oc2ccc3c(c2)Cc2cc(OC(=O)c4ccc(C)cc4)ccc2-3)cc1. The molecule has 4 aromatic carbocycles. The fraction of sp³-hybridized carbons (Fsp3) is 0.103. The van der Waals surface area contributed by atoms with Crippen LogP contribution in [0.2, 0.25) is 0 Å². The highest BCUT2D eigenvalue weighted by atomic mass is 16.5. The van der Waals surface area contributed by atoms with Crippen molar-refractivity contribution in [1.82, 2.24) is 0 Å². The minimum atomic E-state index is -0.379. The highest BCUT2D eigenvalue weighted by Crippen LogP contribution is 2.40. The average Bonchev–Trinajstić information content (AvgIpc) is 3.16. The Hall–Kier alpha value is -4.18. The summed E-state index contributed by atoms with van der Waals surface area (Å²) >= 11 is 0. The Morgan fingerprint density at radius 2 is 0.970 bits per heavy atom. The molecule has 4 aromatic rings. The molecule has 0 radical (unpaired) electrons. The highest BCUT2D eigenvalue weighted by Gasteiger charge is 2.21. The number of hydrogen-bond acceptors (Lipinski definition) is 4. The van der Waals surface area contributed by atoms with E-state index in [2.05, 4.69) is 0 Å². The normalized spacial score (nSPS) is 11.5. The lowest BCUT2D eigenvalue weighted by Gasteiger charge is -2.08. The minimum Gasteiger partial charge on any atom is -0.423 e. The van der Waals surface area contributed by atoms with E-state index in [1.165, 1.54) is 0 Å². The van der Waals surface area contributed by atoms with Crippen molar-refractivity contribution in [3.8, 4) is 22.6 Å². The second-order valence-corrected chi connectivity index (χ2v) is 8.33. The Kier molecular flexibility index (Phi) is 5.27. The smallest absolute Gasteiger partial charge is 0.343 e. The molecule has 1 aliphatic carbocycles. The number of carbonyl (C=O) groups is 2. The zero-order valence-electron chi connectivity index (χ0n) is 18.4. The molecule has 0 fully saturated rings. The second-order valence-electron chi connectivity index (χ2n) is 8.33. The van der Waals surface area contributed by atoms with E-state index in [0.29, 0.717) is 29.0 Å². The van der Waals surface area contributed by atoms with Crippen LogP contribution in [0, 0.1) is 13.8 Å². The number of rotatable bonds is 4. The fourth-order valence-electron chi connectivity index (χ4n) is 4.00. The van der Waals surface area contributed by atoms with Gasteiger partial charge in [-0.05, 0) is 91.1 Å². The molecule has 162 valence electrons. The van der Waals surface area contributed by atoms with Crippen LogP contribution in [0.5, 0.6) is 11.5 Å². The molecule has 0 atom stereocenters. The molecule has 1 aliphatic rings. The molecular weight excluding hydrogens is 412 g/mol. The standard InChI is InChI=1S/C29H22O4/c1-18-3-7-20(8-4-18)28(30)32-24-11-13-26-22(16-24)15-23-17-25(12-14-27(23)26)33-29(31)21-9-5-19(2)6-10-21/h3-14,16-17H,15H2,1-2H3. The van der Waals surface area contributed by atoms with Crippen molar-refractivity contribution in [2.45, 2.75) is 20.3 Å². The van der Waals surface area contributed by atoms with Crippen LogP contribution in [-0.2, 0) is 6.42 Å². The first-order valence-corrected chi connectivity index (χ1v) is 10.8. The van der Waals surface area contributed by atoms with Gasteiger partial charge in [-0.1, -0.05) is 47.5 Å². The van der Waals surface area contributed by atoms with E-state index in [1.54, 1.807) is 24.3 Å². The molecule has 0 aliphatic heterocycles. The van der Waals surface area contributed by atoms with E-state index in [-0.39, 0.29) is 11.9 Å². The third kappa shape index (κ3) is 4.28. The Bertz CT molecular complexity index is 1260. The maximum atomic E-state index is 12.5. The second kappa shape index (κ2) is 8.40. The van der Waals surface area contributed by atoms with Crippen LogP contribution in [0.15, 0.2) is 84.9 Å². The predicted octanol–water partition coefficient (Wildman–Crippen LogP) is 6.31. The van der Waals surface area contributed by atoms with Gasteiger partial charge in [0.15, 0.2) is 0 Å². The number of ether oxygens (including phenoxy) is 2. The predicted molar refractivity (Wildman–Crippen MR) is 127 cm³/mol. The average molecular weight is 434 g/mol. The van der Waals surface area contributed by atoms with Gasteiger partial charge in [0.25, 0.3) is 0 Å². The van der Waals surface area contributed by atoms with Crippen molar-refractivity contribution < 1.29 is 19.1 Å². The molecule has 0 amide bonds. The lowest BCUT2D eigenvalue weighted by Crippen LogP contribution is -2.08. The fourth-order valence-corrected chi connectivity index (χ4v) is 4.00. The molecule has 0 aromatic heterocycles. The van der Waals surface area contributed by atoms with Crippen molar-refractivity contribution in [2.24, 2.45) is 0 Å². The molecule has 4 nitrogen and oxygen atoms in total. The summed E-state index contributed by atoms with van der Waals surface area (Å²) in [5.74, 6) is 0.267. The summed E-state index contributed by atoms with van der Waals surface area (Å²) in [5.41, 5.74) is 7.54. The monoisotopic (exact) mass is 434 g/mol. The zero-order chi connectivity index (χ0) is 22.9. The van der Waals surface area contributed by atoms with Crippen LogP contribution in [0.1, 0.15) is 43.0 Å². The van der Waals surface area contributed by atoms with Gasteiger partial charge in [-0.15, -0.1) is 0 Å². The first-order chi connectivity index (χ1) is 16.0. The van der Waals surface area contributed by atoms with Crippen LogP contribution in [0.4, 0.5) is 0 Å². The van der Waals surface area contributed by atoms with E-state index in [1.807, 2.05) is 74.5 Å². The van der Waals surface area contributed by atoms with Gasteiger partial charge < -0.3 is 9.47 Å². The molecule has 0 N–H and O–H groups in total. The Morgan fingerprint density at radius 1 is 0.576 bits per heavy atom. The Labute approximate surface area is 192 Å². The van der Waals surface area contributed by atoms with Gasteiger partial charge in [-0.2, -0.15) is 0 Å². The highest BCUT2D eigenvalue weighted by molar-refractivity contribution is 5.92. The van der Waals surface area contributed by atoms with Gasteiger partial charge >= 0.3 is 11.9 Å². The van der Waals surface area contributed by atoms with E-state index >= 15 is 0 Å². The van der Waals surface area contributed by atoms with Crippen molar-refractivity contribution in [2.75, 3.05) is 0 Å². The molecule has 0 saturated heterocycles. The molecule has 0 heterocycles. The van der Waals surface area contributed by atoms with Crippen molar-refractivity contribution >= 4 is 11.9 Å². The number of hydrogen-bond donors (Lipinski definition) is 0. The molecule has 0 saturated carbocycles. The number of fused-ring (bicyclic) bond motifs is 3. The largest absolute Gasteiger partial charge is 0.423 e. The van der Waals surface area contributed by atoms with E-state index in [9.17, 15) is 9.59 Å². The summed E-state index contributed by atoms with van der Waals surface area (Å²) in [7, 11) is 0. The Morgan fingerprint density at radius 3 is 1.36 bits per heavy atom. The van der Waals surface area contributed by atoms with Crippen molar-refractivity contribution in [1.29, 1.82) is 0 Å². The van der Waals surface area contributed by atoms with Gasteiger partial charge in [0.05, 0.1) is 11.1 Å². The van der Waals surface area contributed by atoms with Gasteiger partial charge in [0, 0.05) is 0 Å². The Balaban J connectivity index is 1.31. The molecule has 0 unspecified atom stereocenters. The summed E-state index contributed by atoms with van der Waals surface area (Å²) < 4.78 is 11.2. The van der Waals surface area contributed by atoms with Crippen molar-refractivity contribution in [3.05, 3.63) is 118 Å². The van der Waals surface area contributed by atoms with E-state index in [4.69, 9.17) is 9.47 Å². The van der Waals surface area contributed by atoms with E-state index < -0.39 is 0 Å². The molecule has 33 heavy (non-hydrogen) atoms. The van der Waals surface area contributed by atoms with Crippen molar-refractivity contribution in [3.63, 3.8) is 0 Å². The first-order valence-electron chi connectivity index (χ1n) is 10.8. The zero-order valence-corrected chi connectivity index (χ0v) is 18.4. The number of benzene rings is 4. The number of carbonyl (C=O) groups excluding carboxylic acids is 2. The molecule has 0 bridgehead atoms. The van der Waals surface area contributed by atoms with Crippen LogP contribution in [0.3, 0.4) is 0 Å². The summed E-state index contributed by atoms with van der Waals surface area (Å²) in [5, 5.41) is 0. The third-order valence-electron chi connectivity index (χ3n) is 5.82. The lowest BCUT2D eigenvalue weighted by molar-refractivity contribution is 0.0725. The lowest BCUT2D eigenvalue weighted by atomic mass is 10.1. The summed E-state index contributed by atoms with van der Waals surface area (Å²) in [4.78, 5) is 24.9. The van der Waals surface area contributed by atoms with Gasteiger partial charge in [-0.3, -0.25) is 0 Å².